The quantitative estimate of drug-likeness (QED) is 0.621. The van der Waals surface area contributed by atoms with Gasteiger partial charge in [0.2, 0.25) is 0 Å². The van der Waals surface area contributed by atoms with Crippen molar-refractivity contribution in [2.75, 3.05) is 0 Å². The van der Waals surface area contributed by atoms with Crippen LogP contribution in [0.1, 0.15) is 24.4 Å². The lowest BCUT2D eigenvalue weighted by Gasteiger charge is -2.16. The lowest BCUT2D eigenvalue weighted by atomic mass is 10.1. The molecule has 96 valence electrons. The maximum Gasteiger partial charge on any atom is 0.334 e. The second kappa shape index (κ2) is 5.91. The molecule has 0 aliphatic rings. The van der Waals surface area contributed by atoms with Gasteiger partial charge in [-0.2, -0.15) is 0 Å². The van der Waals surface area contributed by atoms with Gasteiger partial charge in [0.25, 0.3) is 0 Å². The fraction of sp³-hybridized carbons (Fsp3) is 0.133. The lowest BCUT2D eigenvalue weighted by Crippen LogP contribution is -2.15. The van der Waals surface area contributed by atoms with Crippen LogP contribution in [0.4, 0.5) is 0 Å². The number of ether oxygens (including phenoxy) is 1. The van der Waals surface area contributed by atoms with Gasteiger partial charge in [0, 0.05) is 18.0 Å². The smallest absolute Gasteiger partial charge is 0.334 e. The molecule has 2 heterocycles. The Labute approximate surface area is 111 Å². The van der Waals surface area contributed by atoms with E-state index >= 15 is 0 Å². The van der Waals surface area contributed by atoms with Crippen molar-refractivity contribution in [2.24, 2.45) is 0 Å². The zero-order valence-electron chi connectivity index (χ0n) is 10.6. The van der Waals surface area contributed by atoms with E-state index < -0.39 is 12.1 Å². The molecule has 0 spiro atoms. The molecule has 0 fully saturated rings. The molecule has 0 saturated carbocycles. The second-order valence-corrected chi connectivity index (χ2v) is 4.07. The van der Waals surface area contributed by atoms with Crippen LogP contribution in [0.2, 0.25) is 0 Å². The zero-order valence-corrected chi connectivity index (χ0v) is 10.6. The summed E-state index contributed by atoms with van der Waals surface area (Å²) < 4.78 is 5.42. The molecule has 0 saturated heterocycles. The number of hydrogen-bond donors (Lipinski definition) is 0. The van der Waals surface area contributed by atoms with E-state index in [2.05, 4.69) is 16.5 Å². The van der Waals surface area contributed by atoms with Crippen molar-refractivity contribution in [3.8, 4) is 0 Å². The summed E-state index contributed by atoms with van der Waals surface area (Å²) in [6.45, 7) is 5.19. The predicted octanol–water partition coefficient (Wildman–Crippen LogP) is 2.69. The van der Waals surface area contributed by atoms with Crippen LogP contribution in [0, 0.1) is 0 Å². The van der Waals surface area contributed by atoms with Gasteiger partial charge < -0.3 is 4.74 Å². The molecule has 0 radical (unpaired) electrons. The highest BCUT2D eigenvalue weighted by atomic mass is 16.5. The van der Waals surface area contributed by atoms with Crippen LogP contribution in [-0.4, -0.2) is 15.9 Å². The number of carbonyl (C=O) groups excluding carboxylic acids is 1. The van der Waals surface area contributed by atoms with Crippen LogP contribution < -0.4 is 0 Å². The molecule has 0 atom stereocenters. The maximum atomic E-state index is 11.7. The average molecular weight is 254 g/mol. The minimum Gasteiger partial charge on any atom is -0.446 e. The van der Waals surface area contributed by atoms with Crippen LogP contribution in [0.25, 0.3) is 0 Å². The molecule has 19 heavy (non-hydrogen) atoms. The Hall–Kier alpha value is -2.49. The Bertz CT molecular complexity index is 528. The molecule has 0 unspecified atom stereocenters. The average Bonchev–Trinajstić information content (AvgIpc) is 2.46. The molecule has 0 aliphatic heterocycles. The third kappa shape index (κ3) is 3.25. The molecule has 2 aromatic heterocycles. The summed E-state index contributed by atoms with van der Waals surface area (Å²) in [5.74, 6) is -0.457. The van der Waals surface area contributed by atoms with Gasteiger partial charge in [0.05, 0.1) is 11.4 Å². The summed E-state index contributed by atoms with van der Waals surface area (Å²) in [4.78, 5) is 20.2. The Morgan fingerprint density at radius 2 is 1.63 bits per heavy atom. The summed E-state index contributed by atoms with van der Waals surface area (Å²) in [5.41, 5.74) is 1.61. The van der Waals surface area contributed by atoms with Crippen molar-refractivity contribution in [3.05, 3.63) is 72.3 Å². The Morgan fingerprint density at radius 3 is 2.00 bits per heavy atom. The highest BCUT2D eigenvalue weighted by Crippen LogP contribution is 2.23. The van der Waals surface area contributed by atoms with Crippen molar-refractivity contribution in [1.29, 1.82) is 0 Å². The fourth-order valence-corrected chi connectivity index (χ4v) is 1.54. The number of rotatable bonds is 4. The normalized spacial score (nSPS) is 10.2. The van der Waals surface area contributed by atoms with Gasteiger partial charge in [-0.15, -0.1) is 0 Å². The Morgan fingerprint density at radius 1 is 1.11 bits per heavy atom. The minimum atomic E-state index is -0.619. The van der Waals surface area contributed by atoms with E-state index in [9.17, 15) is 4.79 Å². The molecule has 4 nitrogen and oxygen atoms in total. The second-order valence-electron chi connectivity index (χ2n) is 4.07. The number of carbonyl (C=O) groups is 1. The van der Waals surface area contributed by atoms with E-state index in [1.807, 2.05) is 12.1 Å². The summed E-state index contributed by atoms with van der Waals surface area (Å²) >= 11 is 0. The van der Waals surface area contributed by atoms with Gasteiger partial charge in [-0.3, -0.25) is 9.97 Å². The first-order valence-electron chi connectivity index (χ1n) is 5.87. The number of hydrogen-bond acceptors (Lipinski definition) is 4. The van der Waals surface area contributed by atoms with Gasteiger partial charge in [-0.25, -0.2) is 4.79 Å². The van der Waals surface area contributed by atoms with Crippen molar-refractivity contribution in [2.45, 2.75) is 13.0 Å². The van der Waals surface area contributed by atoms with Crippen molar-refractivity contribution >= 4 is 5.97 Å². The predicted molar refractivity (Wildman–Crippen MR) is 71.2 cm³/mol. The first-order chi connectivity index (χ1) is 9.18. The largest absolute Gasteiger partial charge is 0.446 e. The van der Waals surface area contributed by atoms with E-state index in [0.29, 0.717) is 17.0 Å². The van der Waals surface area contributed by atoms with Gasteiger partial charge >= 0.3 is 5.97 Å². The van der Waals surface area contributed by atoms with Crippen molar-refractivity contribution in [1.82, 2.24) is 9.97 Å². The Balaban J connectivity index is 2.34. The molecule has 0 aliphatic carbocycles. The standard InChI is InChI=1S/C15H14N2O2/c1-11(2)15(18)19-14(12-7-3-5-9-16-12)13-8-4-6-10-17-13/h3-10,14H,1H2,2H3. The molecule has 0 aromatic carbocycles. The summed E-state index contributed by atoms with van der Waals surface area (Å²) in [6, 6.07) is 10.9. The molecule has 4 heteroatoms. The van der Waals surface area contributed by atoms with E-state index in [-0.39, 0.29) is 0 Å². The SMILES string of the molecule is C=C(C)C(=O)OC(c1ccccn1)c1ccccn1. The third-order valence-electron chi connectivity index (χ3n) is 2.49. The molecule has 0 amide bonds. The van der Waals surface area contributed by atoms with E-state index in [4.69, 9.17) is 4.74 Å². The van der Waals surface area contributed by atoms with Crippen molar-refractivity contribution < 1.29 is 9.53 Å². The molecular weight excluding hydrogens is 240 g/mol. The van der Waals surface area contributed by atoms with E-state index in [0.717, 1.165) is 0 Å². The van der Waals surface area contributed by atoms with E-state index in [1.54, 1.807) is 43.6 Å². The van der Waals surface area contributed by atoms with Crippen molar-refractivity contribution in [3.63, 3.8) is 0 Å². The molecule has 2 rings (SSSR count). The molecule has 2 aromatic rings. The van der Waals surface area contributed by atoms with Crippen LogP contribution in [0.3, 0.4) is 0 Å². The third-order valence-corrected chi connectivity index (χ3v) is 2.49. The lowest BCUT2D eigenvalue weighted by molar-refractivity contribution is -0.143. The fourth-order valence-electron chi connectivity index (χ4n) is 1.54. The number of esters is 1. The van der Waals surface area contributed by atoms with Crippen LogP contribution >= 0.6 is 0 Å². The highest BCUT2D eigenvalue weighted by molar-refractivity contribution is 5.87. The highest BCUT2D eigenvalue weighted by Gasteiger charge is 2.21. The summed E-state index contributed by atoms with van der Waals surface area (Å²) in [5, 5.41) is 0. The first kappa shape index (κ1) is 13.0. The topological polar surface area (TPSA) is 52.1 Å². The van der Waals surface area contributed by atoms with Crippen LogP contribution in [0.15, 0.2) is 60.9 Å². The van der Waals surface area contributed by atoms with E-state index in [1.165, 1.54) is 0 Å². The number of aromatic nitrogens is 2. The molecule has 0 N–H and O–H groups in total. The van der Waals surface area contributed by atoms with Gasteiger partial charge in [-0.1, -0.05) is 18.7 Å². The minimum absolute atomic E-state index is 0.344. The Kier molecular flexibility index (Phi) is 4.03. The van der Waals surface area contributed by atoms with Crippen LogP contribution in [0.5, 0.6) is 0 Å². The van der Waals surface area contributed by atoms with Gasteiger partial charge in [0.15, 0.2) is 6.10 Å². The zero-order chi connectivity index (χ0) is 13.7. The monoisotopic (exact) mass is 254 g/mol. The van der Waals surface area contributed by atoms with Gasteiger partial charge in [0.1, 0.15) is 0 Å². The number of pyridine rings is 2. The number of nitrogens with zero attached hydrogens (tertiary/aromatic N) is 2. The van der Waals surface area contributed by atoms with Gasteiger partial charge in [-0.05, 0) is 31.2 Å². The molecule has 0 bridgehead atoms. The maximum absolute atomic E-state index is 11.7. The summed E-state index contributed by atoms with van der Waals surface area (Å²) in [6.07, 6.45) is 2.69. The van der Waals surface area contributed by atoms with Crippen LogP contribution in [-0.2, 0) is 9.53 Å². The summed E-state index contributed by atoms with van der Waals surface area (Å²) in [7, 11) is 0. The molecular formula is C15H14N2O2. The first-order valence-corrected chi connectivity index (χ1v) is 5.87.